The minimum Gasteiger partial charge on any atom is -0.392 e. The molecule has 0 radical (unpaired) electrons. The van der Waals surface area contributed by atoms with E-state index in [4.69, 9.17) is 22.7 Å². The van der Waals surface area contributed by atoms with Gasteiger partial charge in [0.25, 0.3) is 0 Å². The second-order valence-electron chi connectivity index (χ2n) is 6.39. The molecule has 2 rings (SSSR count). The van der Waals surface area contributed by atoms with Crippen LogP contribution in [-0.2, 0) is 9.53 Å². The first kappa shape index (κ1) is 15.7. The van der Waals surface area contributed by atoms with E-state index < -0.39 is 5.41 Å². The third-order valence-corrected chi connectivity index (χ3v) is 5.33. The zero-order valence-electron chi connectivity index (χ0n) is 12.3. The number of ether oxygens (including phenoxy) is 1. The van der Waals surface area contributed by atoms with E-state index in [-0.39, 0.29) is 5.91 Å². The maximum Gasteiger partial charge on any atom is 0.233 e. The summed E-state index contributed by atoms with van der Waals surface area (Å²) < 4.78 is 5.34. The Bertz CT molecular complexity index is 359. The van der Waals surface area contributed by atoms with Crippen LogP contribution in [-0.4, -0.2) is 30.7 Å². The zero-order chi connectivity index (χ0) is 14.6. The lowest BCUT2D eigenvalue weighted by atomic mass is 9.78. The maximum absolute atomic E-state index is 12.5. The quantitative estimate of drug-likeness (QED) is 0.779. The van der Waals surface area contributed by atoms with Crippen LogP contribution in [0.1, 0.15) is 45.4 Å². The van der Waals surface area contributed by atoms with E-state index in [0.29, 0.717) is 37.0 Å². The van der Waals surface area contributed by atoms with Crippen LogP contribution >= 0.6 is 12.2 Å². The van der Waals surface area contributed by atoms with Crippen LogP contribution in [0.3, 0.4) is 0 Å². The van der Waals surface area contributed by atoms with Gasteiger partial charge in [-0.25, -0.2) is 0 Å². The third kappa shape index (κ3) is 3.50. The molecular weight excluding hydrogens is 272 g/mol. The number of hydrogen-bond acceptors (Lipinski definition) is 3. The van der Waals surface area contributed by atoms with Crippen LogP contribution in [0, 0.1) is 17.3 Å². The van der Waals surface area contributed by atoms with E-state index in [9.17, 15) is 4.79 Å². The number of thiocarbonyl (C=S) groups is 1. The largest absolute Gasteiger partial charge is 0.392 e. The Balaban J connectivity index is 1.87. The van der Waals surface area contributed by atoms with Crippen LogP contribution in [0.25, 0.3) is 0 Å². The lowest BCUT2D eigenvalue weighted by Crippen LogP contribution is -2.52. The standard InChI is InChI=1S/C15H26N2O2S/c1-11-2-4-12(5-3-11)10-17-14(18)15(13(16)20)6-8-19-9-7-15/h11-12H,2-10H2,1H3,(H2,16,20)(H,17,18). The molecule has 0 atom stereocenters. The molecule has 0 aromatic rings. The number of rotatable bonds is 4. The summed E-state index contributed by atoms with van der Waals surface area (Å²) in [6.07, 6.45) is 6.19. The highest BCUT2D eigenvalue weighted by Crippen LogP contribution is 2.32. The molecule has 1 amide bonds. The third-order valence-electron chi connectivity index (χ3n) is 4.94. The Labute approximate surface area is 126 Å². The van der Waals surface area contributed by atoms with Gasteiger partial charge < -0.3 is 15.8 Å². The van der Waals surface area contributed by atoms with Crippen molar-refractivity contribution in [2.75, 3.05) is 19.8 Å². The van der Waals surface area contributed by atoms with Crippen LogP contribution in [0.15, 0.2) is 0 Å². The molecule has 4 nitrogen and oxygen atoms in total. The predicted octanol–water partition coefficient (Wildman–Crippen LogP) is 2.01. The molecule has 1 saturated heterocycles. The predicted molar refractivity (Wildman–Crippen MR) is 83.4 cm³/mol. The van der Waals surface area contributed by atoms with Gasteiger partial charge in [-0.2, -0.15) is 0 Å². The Kier molecular flexibility index (Phi) is 5.38. The first-order chi connectivity index (χ1) is 9.54. The molecule has 1 saturated carbocycles. The van der Waals surface area contributed by atoms with Gasteiger partial charge in [-0.05, 0) is 37.5 Å². The van der Waals surface area contributed by atoms with Gasteiger partial charge in [-0.15, -0.1) is 0 Å². The van der Waals surface area contributed by atoms with Crippen molar-refractivity contribution in [2.45, 2.75) is 45.4 Å². The first-order valence-corrected chi connectivity index (χ1v) is 8.11. The van der Waals surface area contributed by atoms with Crippen LogP contribution in [0.5, 0.6) is 0 Å². The molecule has 2 fully saturated rings. The summed E-state index contributed by atoms with van der Waals surface area (Å²) >= 11 is 5.15. The fourth-order valence-electron chi connectivity index (χ4n) is 3.24. The molecule has 20 heavy (non-hydrogen) atoms. The zero-order valence-corrected chi connectivity index (χ0v) is 13.1. The monoisotopic (exact) mass is 298 g/mol. The first-order valence-electron chi connectivity index (χ1n) is 7.70. The van der Waals surface area contributed by atoms with Crippen molar-refractivity contribution < 1.29 is 9.53 Å². The molecule has 3 N–H and O–H groups in total. The lowest BCUT2D eigenvalue weighted by molar-refractivity contribution is -0.131. The van der Waals surface area contributed by atoms with E-state index in [1.807, 2.05) is 0 Å². The average Bonchev–Trinajstić information content (AvgIpc) is 2.47. The molecule has 5 heteroatoms. The van der Waals surface area contributed by atoms with Gasteiger partial charge in [0.1, 0.15) is 5.41 Å². The summed E-state index contributed by atoms with van der Waals surface area (Å²) in [6.45, 7) is 4.19. The Morgan fingerprint density at radius 1 is 1.30 bits per heavy atom. The summed E-state index contributed by atoms with van der Waals surface area (Å²) in [5.41, 5.74) is 5.16. The van der Waals surface area contributed by atoms with E-state index in [1.54, 1.807) is 0 Å². The molecule has 1 heterocycles. The van der Waals surface area contributed by atoms with Gasteiger partial charge in [0.2, 0.25) is 5.91 Å². The van der Waals surface area contributed by atoms with E-state index in [0.717, 1.165) is 12.5 Å². The molecule has 0 bridgehead atoms. The number of nitrogens with two attached hydrogens (primary N) is 1. The highest BCUT2D eigenvalue weighted by Gasteiger charge is 2.43. The van der Waals surface area contributed by atoms with Gasteiger partial charge in [0, 0.05) is 19.8 Å². The lowest BCUT2D eigenvalue weighted by Gasteiger charge is -2.35. The number of hydrogen-bond donors (Lipinski definition) is 2. The highest BCUT2D eigenvalue weighted by atomic mass is 32.1. The average molecular weight is 298 g/mol. The van der Waals surface area contributed by atoms with Crippen LogP contribution < -0.4 is 11.1 Å². The van der Waals surface area contributed by atoms with Crippen molar-refractivity contribution in [1.29, 1.82) is 0 Å². The number of carbonyl (C=O) groups is 1. The second-order valence-corrected chi connectivity index (χ2v) is 6.83. The topological polar surface area (TPSA) is 64.4 Å². The van der Waals surface area contributed by atoms with Gasteiger partial charge in [-0.1, -0.05) is 32.0 Å². The van der Waals surface area contributed by atoms with E-state index >= 15 is 0 Å². The molecule has 1 aliphatic carbocycles. The molecule has 1 aliphatic heterocycles. The Hall–Kier alpha value is -0.680. The summed E-state index contributed by atoms with van der Waals surface area (Å²) in [7, 11) is 0. The van der Waals surface area contributed by atoms with E-state index in [2.05, 4.69) is 12.2 Å². The maximum atomic E-state index is 12.5. The fourth-order valence-corrected chi connectivity index (χ4v) is 3.54. The van der Waals surface area contributed by atoms with Gasteiger partial charge in [0.15, 0.2) is 0 Å². The molecule has 2 aliphatic rings. The molecular formula is C15H26N2O2S. The van der Waals surface area contributed by atoms with Crippen molar-refractivity contribution in [1.82, 2.24) is 5.32 Å². The summed E-state index contributed by atoms with van der Waals surface area (Å²) in [6, 6.07) is 0. The molecule has 0 aromatic heterocycles. The van der Waals surface area contributed by atoms with Crippen LogP contribution in [0.4, 0.5) is 0 Å². The van der Waals surface area contributed by atoms with Gasteiger partial charge in [-0.3, -0.25) is 4.79 Å². The van der Waals surface area contributed by atoms with Crippen molar-refractivity contribution in [3.8, 4) is 0 Å². The fraction of sp³-hybridized carbons (Fsp3) is 0.867. The molecule has 0 unspecified atom stereocenters. The molecule has 0 spiro atoms. The smallest absolute Gasteiger partial charge is 0.233 e. The van der Waals surface area contributed by atoms with Gasteiger partial charge >= 0.3 is 0 Å². The van der Waals surface area contributed by atoms with Crippen molar-refractivity contribution >= 4 is 23.1 Å². The minimum atomic E-state index is -0.685. The normalized spacial score (nSPS) is 29.6. The van der Waals surface area contributed by atoms with E-state index in [1.165, 1.54) is 25.7 Å². The van der Waals surface area contributed by atoms with Crippen molar-refractivity contribution in [3.63, 3.8) is 0 Å². The summed E-state index contributed by atoms with van der Waals surface area (Å²) in [4.78, 5) is 12.8. The molecule has 0 aromatic carbocycles. The number of carbonyl (C=O) groups excluding carboxylic acids is 1. The second kappa shape index (κ2) is 6.85. The highest BCUT2D eigenvalue weighted by molar-refractivity contribution is 7.80. The van der Waals surface area contributed by atoms with Gasteiger partial charge in [0.05, 0.1) is 4.99 Å². The summed E-state index contributed by atoms with van der Waals surface area (Å²) in [5, 5.41) is 3.10. The minimum absolute atomic E-state index is 0.00641. The summed E-state index contributed by atoms with van der Waals surface area (Å²) in [5.74, 6) is 1.45. The van der Waals surface area contributed by atoms with Crippen molar-refractivity contribution in [3.05, 3.63) is 0 Å². The van der Waals surface area contributed by atoms with Crippen LogP contribution in [0.2, 0.25) is 0 Å². The number of amides is 1. The Morgan fingerprint density at radius 2 is 1.90 bits per heavy atom. The molecule has 114 valence electrons. The number of nitrogens with one attached hydrogen (secondary N) is 1. The SMILES string of the molecule is CC1CCC(CNC(=O)C2(C(N)=S)CCOCC2)CC1. The van der Waals surface area contributed by atoms with Crippen molar-refractivity contribution in [2.24, 2.45) is 23.0 Å². The Morgan fingerprint density at radius 3 is 2.45 bits per heavy atom.